The van der Waals surface area contributed by atoms with Gasteiger partial charge in [0.25, 0.3) is 5.91 Å². The maximum absolute atomic E-state index is 12.3. The van der Waals surface area contributed by atoms with Gasteiger partial charge in [0.1, 0.15) is 10.9 Å². The minimum Gasteiger partial charge on any atom is -0.482 e. The fraction of sp³-hybridized carbons (Fsp3) is 0.300. The Morgan fingerprint density at radius 2 is 1.84 bits per heavy atom. The van der Waals surface area contributed by atoms with E-state index < -0.39 is 30.1 Å². The Hall–Kier alpha value is -2.88. The number of halogens is 2. The standard InChI is InChI=1S/C20H20Cl2N2O7/c1-2-29-17(25)10-30-13-5-3-11(4-6-13)7-15(19(23)27)31-20(28)18(26)14-8-12(21)9-16(22)24-14/h3-6,8-9,15,18,26H,2,7,10H2,1H3,(H2,23,27). The van der Waals surface area contributed by atoms with Crippen molar-refractivity contribution in [1.82, 2.24) is 4.98 Å². The van der Waals surface area contributed by atoms with Crippen molar-refractivity contribution in [2.24, 2.45) is 5.73 Å². The van der Waals surface area contributed by atoms with Gasteiger partial charge in [0.2, 0.25) is 0 Å². The van der Waals surface area contributed by atoms with Gasteiger partial charge >= 0.3 is 11.9 Å². The Morgan fingerprint density at radius 3 is 2.42 bits per heavy atom. The van der Waals surface area contributed by atoms with Crippen molar-refractivity contribution >= 4 is 41.0 Å². The molecular weight excluding hydrogens is 451 g/mol. The average Bonchev–Trinajstić information content (AvgIpc) is 2.71. The number of nitrogens with two attached hydrogens (primary N) is 1. The van der Waals surface area contributed by atoms with Crippen molar-refractivity contribution in [3.05, 3.63) is 57.8 Å². The molecule has 1 aromatic heterocycles. The molecule has 0 saturated carbocycles. The number of benzene rings is 1. The number of hydrogen-bond acceptors (Lipinski definition) is 8. The number of rotatable bonds is 10. The first-order valence-electron chi connectivity index (χ1n) is 9.07. The van der Waals surface area contributed by atoms with E-state index in [1.54, 1.807) is 31.2 Å². The number of aliphatic hydroxyl groups excluding tert-OH is 1. The zero-order valence-corrected chi connectivity index (χ0v) is 17.9. The van der Waals surface area contributed by atoms with Crippen LogP contribution in [0.1, 0.15) is 24.3 Å². The van der Waals surface area contributed by atoms with Gasteiger partial charge in [0.05, 0.1) is 12.3 Å². The van der Waals surface area contributed by atoms with Gasteiger partial charge in [-0.2, -0.15) is 0 Å². The van der Waals surface area contributed by atoms with Crippen LogP contribution in [0.3, 0.4) is 0 Å². The largest absolute Gasteiger partial charge is 0.482 e. The molecule has 3 N–H and O–H groups in total. The third kappa shape index (κ3) is 7.71. The van der Waals surface area contributed by atoms with Crippen molar-refractivity contribution < 1.29 is 33.7 Å². The third-order valence-electron chi connectivity index (χ3n) is 3.86. The van der Waals surface area contributed by atoms with Crippen molar-refractivity contribution in [2.75, 3.05) is 13.2 Å². The van der Waals surface area contributed by atoms with Crippen molar-refractivity contribution in [2.45, 2.75) is 25.6 Å². The average molecular weight is 471 g/mol. The summed E-state index contributed by atoms with van der Waals surface area (Å²) in [7, 11) is 0. The van der Waals surface area contributed by atoms with E-state index in [-0.39, 0.29) is 35.5 Å². The number of aliphatic hydroxyl groups is 1. The van der Waals surface area contributed by atoms with Crippen molar-refractivity contribution in [1.29, 1.82) is 0 Å². The van der Waals surface area contributed by atoms with Gasteiger partial charge in [-0.25, -0.2) is 14.6 Å². The van der Waals surface area contributed by atoms with Crippen LogP contribution in [0, 0.1) is 0 Å². The molecule has 2 rings (SSSR count). The predicted octanol–water partition coefficient (Wildman–Crippen LogP) is 2.00. The molecule has 11 heteroatoms. The molecule has 0 fully saturated rings. The summed E-state index contributed by atoms with van der Waals surface area (Å²) in [6, 6.07) is 8.94. The molecule has 1 amide bonds. The highest BCUT2D eigenvalue weighted by atomic mass is 35.5. The lowest BCUT2D eigenvalue weighted by Gasteiger charge is -2.17. The summed E-state index contributed by atoms with van der Waals surface area (Å²) < 4.78 is 15.1. The monoisotopic (exact) mass is 470 g/mol. The number of pyridine rings is 1. The van der Waals surface area contributed by atoms with Crippen LogP contribution in [0.5, 0.6) is 5.75 Å². The van der Waals surface area contributed by atoms with Crippen LogP contribution in [0.4, 0.5) is 0 Å². The fourth-order valence-corrected chi connectivity index (χ4v) is 2.92. The summed E-state index contributed by atoms with van der Waals surface area (Å²) in [6.45, 7) is 1.70. The molecule has 2 atom stereocenters. The topological polar surface area (TPSA) is 138 Å². The van der Waals surface area contributed by atoms with Gasteiger partial charge in [-0.15, -0.1) is 0 Å². The van der Waals surface area contributed by atoms with E-state index in [1.165, 1.54) is 12.1 Å². The van der Waals surface area contributed by atoms with Gasteiger partial charge in [0.15, 0.2) is 18.8 Å². The van der Waals surface area contributed by atoms with Crippen LogP contribution in [0.2, 0.25) is 10.2 Å². The van der Waals surface area contributed by atoms with E-state index in [0.717, 1.165) is 0 Å². The predicted molar refractivity (Wildman–Crippen MR) is 111 cm³/mol. The summed E-state index contributed by atoms with van der Waals surface area (Å²) in [5.41, 5.74) is 5.79. The van der Waals surface area contributed by atoms with Crippen LogP contribution in [-0.2, 0) is 30.3 Å². The smallest absolute Gasteiger partial charge is 0.344 e. The van der Waals surface area contributed by atoms with Crippen LogP contribution in [-0.4, -0.2) is 47.3 Å². The van der Waals surface area contributed by atoms with Crippen molar-refractivity contribution in [3.8, 4) is 5.75 Å². The Kier molecular flexibility index (Phi) is 9.04. The highest BCUT2D eigenvalue weighted by molar-refractivity contribution is 6.33. The summed E-state index contributed by atoms with van der Waals surface area (Å²) in [5.74, 6) is -2.13. The van der Waals surface area contributed by atoms with Crippen LogP contribution < -0.4 is 10.5 Å². The zero-order valence-electron chi connectivity index (χ0n) is 16.4. The van der Waals surface area contributed by atoms with Crippen LogP contribution in [0.25, 0.3) is 0 Å². The number of esters is 2. The highest BCUT2D eigenvalue weighted by Gasteiger charge is 2.28. The Bertz CT molecular complexity index is 917. The number of primary amides is 1. The molecule has 9 nitrogen and oxygen atoms in total. The molecule has 1 aromatic carbocycles. The number of carbonyl (C=O) groups is 3. The minimum absolute atomic E-state index is 0.0222. The van der Waals surface area contributed by atoms with E-state index in [0.29, 0.717) is 11.3 Å². The van der Waals surface area contributed by atoms with E-state index in [4.69, 9.17) is 43.1 Å². The first-order valence-corrected chi connectivity index (χ1v) is 9.83. The van der Waals surface area contributed by atoms with Gasteiger partial charge in [-0.05, 0) is 36.8 Å². The second kappa shape index (κ2) is 11.5. The molecule has 1 heterocycles. The first-order chi connectivity index (χ1) is 14.7. The molecule has 0 spiro atoms. The number of aromatic nitrogens is 1. The Labute approximate surface area is 188 Å². The molecule has 31 heavy (non-hydrogen) atoms. The maximum atomic E-state index is 12.3. The second-order valence-corrected chi connectivity index (χ2v) is 7.03. The molecule has 2 unspecified atom stereocenters. The van der Waals surface area contributed by atoms with Crippen molar-refractivity contribution in [3.63, 3.8) is 0 Å². The molecule has 0 saturated heterocycles. The molecule has 0 aliphatic heterocycles. The van der Waals surface area contributed by atoms with E-state index >= 15 is 0 Å². The Morgan fingerprint density at radius 1 is 1.16 bits per heavy atom. The Balaban J connectivity index is 2.00. The van der Waals surface area contributed by atoms with Gasteiger partial charge in [-0.1, -0.05) is 35.3 Å². The number of carbonyl (C=O) groups excluding carboxylic acids is 3. The summed E-state index contributed by atoms with van der Waals surface area (Å²) in [4.78, 5) is 39.1. The zero-order chi connectivity index (χ0) is 23.0. The second-order valence-electron chi connectivity index (χ2n) is 6.21. The van der Waals surface area contributed by atoms with E-state index in [9.17, 15) is 19.5 Å². The van der Waals surface area contributed by atoms with E-state index in [2.05, 4.69) is 4.98 Å². The molecule has 166 valence electrons. The fourth-order valence-electron chi connectivity index (χ4n) is 2.43. The SMILES string of the molecule is CCOC(=O)COc1ccc(CC(OC(=O)C(O)c2cc(Cl)cc(Cl)n2)C(N)=O)cc1. The molecular formula is C20H20Cl2N2O7. The number of amides is 1. The normalized spacial score (nSPS) is 12.5. The van der Waals surface area contributed by atoms with Crippen LogP contribution in [0.15, 0.2) is 36.4 Å². The molecule has 0 aliphatic rings. The van der Waals surface area contributed by atoms with Gasteiger partial charge < -0.3 is 25.1 Å². The molecule has 0 radical (unpaired) electrons. The summed E-state index contributed by atoms with van der Waals surface area (Å²) in [6.07, 6.45) is -3.20. The quantitative estimate of drug-likeness (QED) is 0.397. The molecule has 2 aromatic rings. The number of ether oxygens (including phenoxy) is 3. The number of hydrogen-bond donors (Lipinski definition) is 2. The lowest BCUT2D eigenvalue weighted by Crippen LogP contribution is -2.36. The lowest BCUT2D eigenvalue weighted by atomic mass is 10.1. The minimum atomic E-state index is -1.81. The number of nitrogens with zero attached hydrogens (tertiary/aromatic N) is 1. The third-order valence-corrected chi connectivity index (χ3v) is 4.28. The lowest BCUT2D eigenvalue weighted by molar-refractivity contribution is -0.163. The molecule has 0 aliphatic carbocycles. The van der Waals surface area contributed by atoms with E-state index in [1.807, 2.05) is 0 Å². The maximum Gasteiger partial charge on any atom is 0.344 e. The first kappa shape index (κ1) is 24.4. The van der Waals surface area contributed by atoms with Crippen LogP contribution >= 0.6 is 23.2 Å². The summed E-state index contributed by atoms with van der Waals surface area (Å²) >= 11 is 11.6. The molecule has 0 bridgehead atoms. The summed E-state index contributed by atoms with van der Waals surface area (Å²) in [5, 5.41) is 10.3. The highest BCUT2D eigenvalue weighted by Crippen LogP contribution is 2.22. The van der Waals surface area contributed by atoms with Gasteiger partial charge in [-0.3, -0.25) is 4.79 Å². The van der Waals surface area contributed by atoms with Gasteiger partial charge in [0, 0.05) is 11.4 Å².